The van der Waals surface area contributed by atoms with Gasteiger partial charge in [-0.25, -0.2) is 0 Å². The molecular formula is C39H56N2O5. The highest BCUT2D eigenvalue weighted by Gasteiger charge is 2.66. The average molecular weight is 633 g/mol. The molecule has 1 amide bonds. The van der Waals surface area contributed by atoms with Gasteiger partial charge < -0.3 is 14.4 Å². The zero-order valence-electron chi connectivity index (χ0n) is 28.4. The van der Waals surface area contributed by atoms with E-state index in [9.17, 15) is 14.4 Å². The number of benzene rings is 1. The number of ketones is 1. The number of nitrogens with zero attached hydrogens (tertiary/aromatic N) is 2. The molecule has 252 valence electrons. The number of unbranched alkanes of at least 4 members (excludes halogenated alkanes) is 1. The fourth-order valence-corrected chi connectivity index (χ4v) is 11.0. The van der Waals surface area contributed by atoms with Gasteiger partial charge in [0.2, 0.25) is 5.91 Å². The van der Waals surface area contributed by atoms with Crippen LogP contribution < -0.4 is 9.47 Å². The Morgan fingerprint density at radius 1 is 0.935 bits per heavy atom. The van der Waals surface area contributed by atoms with E-state index < -0.39 is 0 Å². The number of hydrogen-bond donors (Lipinski definition) is 0. The summed E-state index contributed by atoms with van der Waals surface area (Å²) < 4.78 is 12.9. The summed E-state index contributed by atoms with van der Waals surface area (Å²) in [6.07, 6.45) is 20.7. The molecule has 0 N–H and O–H groups in total. The standard InChI is InChI=1S/C39H56N2O5/c1-26(42)24-40-22-21-39-31-18-19-32(38(39)46-37-34(45-27(2)43)20-17-30(36(37)39)23-33(31)40)41(25-29-14-7-4-8-15-29)35(44)16-10-9-13-28-11-5-3-6-12-28/h17,20,28-29,31-33,38H,3-16,18-19,21-25H2,1-2H3/t31-,32+,33+,38-,39-/m0/s1. The maximum Gasteiger partial charge on any atom is 0.308 e. The Bertz CT molecular complexity index is 1300. The predicted molar refractivity (Wildman–Crippen MR) is 178 cm³/mol. The molecule has 2 aliphatic heterocycles. The van der Waals surface area contributed by atoms with Gasteiger partial charge in [-0.3, -0.25) is 19.3 Å². The van der Waals surface area contributed by atoms with Gasteiger partial charge in [-0.05, 0) is 87.8 Å². The van der Waals surface area contributed by atoms with Crippen LogP contribution in [-0.4, -0.2) is 65.3 Å². The molecule has 1 spiro atoms. The molecule has 0 unspecified atom stereocenters. The Balaban J connectivity index is 1.19. The minimum atomic E-state index is -0.340. The van der Waals surface area contributed by atoms with E-state index in [1.54, 1.807) is 6.92 Å². The van der Waals surface area contributed by atoms with E-state index in [1.807, 2.05) is 6.07 Å². The van der Waals surface area contributed by atoms with Gasteiger partial charge in [0.25, 0.3) is 0 Å². The zero-order chi connectivity index (χ0) is 31.8. The van der Waals surface area contributed by atoms with Gasteiger partial charge in [-0.1, -0.05) is 70.3 Å². The fraction of sp³-hybridized carbons (Fsp3) is 0.769. The molecule has 2 bridgehead atoms. The van der Waals surface area contributed by atoms with E-state index in [-0.39, 0.29) is 35.4 Å². The molecular weight excluding hydrogens is 576 g/mol. The van der Waals surface area contributed by atoms with Gasteiger partial charge in [-0.15, -0.1) is 0 Å². The third-order valence-electron chi connectivity index (χ3n) is 12.9. The van der Waals surface area contributed by atoms with Gasteiger partial charge in [0.15, 0.2) is 11.5 Å². The molecule has 6 aliphatic rings. The molecule has 3 saturated carbocycles. The molecule has 46 heavy (non-hydrogen) atoms. The summed E-state index contributed by atoms with van der Waals surface area (Å²) in [6, 6.07) is 4.32. The minimum absolute atomic E-state index is 0.00700. The molecule has 5 atom stereocenters. The van der Waals surface area contributed by atoms with Crippen molar-refractivity contribution in [3.63, 3.8) is 0 Å². The number of carbonyl (C=O) groups excluding carboxylic acids is 3. The average Bonchev–Trinajstić information content (AvgIpc) is 3.40. The van der Waals surface area contributed by atoms with Crippen LogP contribution in [-0.2, 0) is 26.2 Å². The first kappa shape index (κ1) is 32.2. The smallest absolute Gasteiger partial charge is 0.308 e. The highest BCUT2D eigenvalue weighted by atomic mass is 16.6. The van der Waals surface area contributed by atoms with E-state index in [0.29, 0.717) is 36.5 Å². The summed E-state index contributed by atoms with van der Waals surface area (Å²) in [5, 5.41) is 0. The number of esters is 1. The Hall–Kier alpha value is -2.41. The first-order chi connectivity index (χ1) is 22.3. The molecule has 1 saturated heterocycles. The maximum atomic E-state index is 14.4. The van der Waals surface area contributed by atoms with Crippen LogP contribution in [0, 0.1) is 17.8 Å². The van der Waals surface area contributed by atoms with Gasteiger partial charge in [0.1, 0.15) is 11.9 Å². The second-order valence-corrected chi connectivity index (χ2v) is 15.8. The molecule has 7 rings (SSSR count). The lowest BCUT2D eigenvalue weighted by molar-refractivity contribution is -0.145. The molecule has 7 heteroatoms. The van der Waals surface area contributed by atoms with E-state index in [2.05, 4.69) is 15.9 Å². The first-order valence-electron chi connectivity index (χ1n) is 18.9. The topological polar surface area (TPSA) is 76.2 Å². The summed E-state index contributed by atoms with van der Waals surface area (Å²) in [6.45, 7) is 5.33. The first-order valence-corrected chi connectivity index (χ1v) is 18.9. The lowest BCUT2D eigenvalue weighted by atomic mass is 9.51. The number of amides is 1. The molecule has 4 fully saturated rings. The molecule has 0 aromatic heterocycles. The second-order valence-electron chi connectivity index (χ2n) is 15.8. The molecule has 4 aliphatic carbocycles. The van der Waals surface area contributed by atoms with Crippen LogP contribution in [0.5, 0.6) is 11.5 Å². The Morgan fingerprint density at radius 2 is 1.67 bits per heavy atom. The summed E-state index contributed by atoms with van der Waals surface area (Å²) in [5.74, 6) is 3.22. The predicted octanol–water partition coefficient (Wildman–Crippen LogP) is 7.16. The Kier molecular flexibility index (Phi) is 9.51. The van der Waals surface area contributed by atoms with Gasteiger partial charge in [0.05, 0.1) is 12.6 Å². The Morgan fingerprint density at radius 3 is 2.39 bits per heavy atom. The monoisotopic (exact) mass is 632 g/mol. The van der Waals surface area contributed by atoms with Gasteiger partial charge >= 0.3 is 5.97 Å². The van der Waals surface area contributed by atoms with Gasteiger partial charge in [-0.2, -0.15) is 0 Å². The number of ether oxygens (including phenoxy) is 2. The summed E-state index contributed by atoms with van der Waals surface area (Å²) in [5.41, 5.74) is 2.27. The normalized spacial score (nSPS) is 30.7. The number of hydrogen-bond acceptors (Lipinski definition) is 6. The lowest BCUT2D eigenvalue weighted by Gasteiger charge is -2.60. The molecule has 1 aromatic rings. The molecule has 1 aromatic carbocycles. The molecule has 2 heterocycles. The van der Waals surface area contributed by atoms with E-state index in [0.717, 1.165) is 63.3 Å². The summed E-state index contributed by atoms with van der Waals surface area (Å²) >= 11 is 0. The number of piperidine rings is 1. The molecule has 0 radical (unpaired) electrons. The summed E-state index contributed by atoms with van der Waals surface area (Å²) in [7, 11) is 0. The van der Waals surface area contributed by atoms with Crippen molar-refractivity contribution < 1.29 is 23.9 Å². The van der Waals surface area contributed by atoms with Crippen molar-refractivity contribution in [2.24, 2.45) is 17.8 Å². The fourth-order valence-electron chi connectivity index (χ4n) is 11.0. The largest absolute Gasteiger partial charge is 0.483 e. The second kappa shape index (κ2) is 13.6. The van der Waals surface area contributed by atoms with Crippen LogP contribution in [0.15, 0.2) is 12.1 Å². The van der Waals surface area contributed by atoms with Crippen molar-refractivity contribution in [3.8, 4) is 11.5 Å². The maximum absolute atomic E-state index is 14.4. The van der Waals surface area contributed by atoms with Crippen LogP contribution in [0.3, 0.4) is 0 Å². The number of carbonyl (C=O) groups is 3. The zero-order valence-corrected chi connectivity index (χ0v) is 28.4. The quantitative estimate of drug-likeness (QED) is 0.146. The Labute approximate surface area is 276 Å². The van der Waals surface area contributed by atoms with Crippen LogP contribution in [0.25, 0.3) is 0 Å². The molecule has 7 nitrogen and oxygen atoms in total. The van der Waals surface area contributed by atoms with Crippen molar-refractivity contribution in [1.29, 1.82) is 0 Å². The number of Topliss-reactive ketones (excluding diaryl/α,β-unsaturated/α-hetero) is 1. The van der Waals surface area contributed by atoms with Crippen molar-refractivity contribution in [3.05, 3.63) is 23.3 Å². The van der Waals surface area contributed by atoms with Crippen LogP contribution >= 0.6 is 0 Å². The van der Waals surface area contributed by atoms with E-state index in [1.165, 1.54) is 88.7 Å². The van der Waals surface area contributed by atoms with E-state index >= 15 is 0 Å². The number of likely N-dealkylation sites (tertiary alicyclic amines) is 1. The van der Waals surface area contributed by atoms with Crippen molar-refractivity contribution in [2.75, 3.05) is 19.6 Å². The van der Waals surface area contributed by atoms with Crippen molar-refractivity contribution in [1.82, 2.24) is 9.80 Å². The number of rotatable bonds is 11. The summed E-state index contributed by atoms with van der Waals surface area (Å²) in [4.78, 5) is 43.7. The minimum Gasteiger partial charge on any atom is -0.483 e. The van der Waals surface area contributed by atoms with Crippen LogP contribution in [0.1, 0.15) is 134 Å². The highest BCUT2D eigenvalue weighted by Crippen LogP contribution is 2.64. The SMILES string of the molecule is CC(=O)CN1CC[C@]23c4c5ccc(OC(C)=O)c4O[C@H]2[C@H](N(CC2CCCCC2)C(=O)CCCCC2CCCCC2)CC[C@H]3[C@H]1C5. The van der Waals surface area contributed by atoms with Crippen molar-refractivity contribution in [2.45, 2.75) is 153 Å². The van der Waals surface area contributed by atoms with E-state index in [4.69, 9.17) is 9.47 Å². The van der Waals surface area contributed by atoms with Crippen LogP contribution in [0.4, 0.5) is 0 Å². The van der Waals surface area contributed by atoms with Gasteiger partial charge in [0, 0.05) is 36.9 Å². The third kappa shape index (κ3) is 6.03. The lowest BCUT2D eigenvalue weighted by Crippen LogP contribution is -2.69. The van der Waals surface area contributed by atoms with Crippen LogP contribution in [0.2, 0.25) is 0 Å². The van der Waals surface area contributed by atoms with Crippen molar-refractivity contribution >= 4 is 17.7 Å². The third-order valence-corrected chi connectivity index (χ3v) is 12.9. The highest BCUT2D eigenvalue weighted by molar-refractivity contribution is 5.78.